The number of hydrogen-bond donors (Lipinski definition) is 1. The van der Waals surface area contributed by atoms with Crippen LogP contribution in [0, 0.1) is 28.6 Å². The Balaban J connectivity index is 1.62. The topological polar surface area (TPSA) is 72.5 Å². The molecule has 3 unspecified atom stereocenters. The molecule has 0 spiro atoms. The summed E-state index contributed by atoms with van der Waals surface area (Å²) in [5.41, 5.74) is 3.17. The van der Waals surface area contributed by atoms with E-state index in [-0.39, 0.29) is 28.8 Å². The Morgan fingerprint density at radius 3 is 2.48 bits per heavy atom. The fourth-order valence-corrected chi connectivity index (χ4v) is 7.22. The first kappa shape index (κ1) is 20.4. The maximum atomic E-state index is 11.8. The third kappa shape index (κ3) is 3.17. The van der Waals surface area contributed by atoms with Crippen molar-refractivity contribution in [2.75, 3.05) is 0 Å². The van der Waals surface area contributed by atoms with Crippen molar-refractivity contribution < 1.29 is 19.1 Å². The minimum Gasteiger partial charge on any atom is -0.458 e. The highest BCUT2D eigenvalue weighted by Gasteiger charge is 2.58. The lowest BCUT2D eigenvalue weighted by molar-refractivity contribution is -0.145. The first-order valence-electron chi connectivity index (χ1n) is 11.0. The number of esters is 1. The fraction of sp³-hybridized carbons (Fsp3) is 0.708. The molecular weight excluding hydrogens is 366 g/mol. The Morgan fingerprint density at radius 2 is 1.83 bits per heavy atom. The van der Waals surface area contributed by atoms with Crippen molar-refractivity contribution in [1.29, 1.82) is 0 Å². The third-order valence-corrected chi connectivity index (χ3v) is 8.55. The highest BCUT2D eigenvalue weighted by atomic mass is 16.5. The summed E-state index contributed by atoms with van der Waals surface area (Å²) in [6, 6.07) is 0. The molecule has 0 aromatic rings. The normalized spacial score (nSPS) is 40.9. The van der Waals surface area contributed by atoms with Gasteiger partial charge in [-0.15, -0.1) is 0 Å². The largest absolute Gasteiger partial charge is 0.458 e. The molecule has 5 heteroatoms. The van der Waals surface area contributed by atoms with E-state index in [9.17, 15) is 14.4 Å². The standard InChI is InChI=1S/C24H33NO4/c1-14(27)25-22-16(13-26)11-21-19-6-5-17-12-18(29-15(2)28)7-9-23(17,3)20(19)8-10-24(21,22)4/h12-13,18-21H,5-11H2,1-4H3,(H,25,27)/t18-,19?,20?,21?,23-,24-/m0/s1. The van der Waals surface area contributed by atoms with Crippen LogP contribution in [0.1, 0.15) is 72.6 Å². The van der Waals surface area contributed by atoms with Gasteiger partial charge in [-0.05, 0) is 74.2 Å². The van der Waals surface area contributed by atoms with E-state index in [1.54, 1.807) is 0 Å². The summed E-state index contributed by atoms with van der Waals surface area (Å²) in [5, 5.41) is 3.02. The number of ether oxygens (including phenoxy) is 1. The van der Waals surface area contributed by atoms with Crippen LogP contribution in [-0.4, -0.2) is 24.3 Å². The van der Waals surface area contributed by atoms with Crippen molar-refractivity contribution in [2.24, 2.45) is 28.6 Å². The number of rotatable bonds is 3. The Kier molecular flexibility index (Phi) is 4.99. The highest BCUT2D eigenvalue weighted by Crippen LogP contribution is 2.66. The summed E-state index contributed by atoms with van der Waals surface area (Å²) in [6.07, 6.45) is 10.1. The third-order valence-electron chi connectivity index (χ3n) is 8.55. The number of hydrogen-bond acceptors (Lipinski definition) is 4. The molecule has 0 radical (unpaired) electrons. The van der Waals surface area contributed by atoms with Crippen molar-refractivity contribution in [3.63, 3.8) is 0 Å². The van der Waals surface area contributed by atoms with Gasteiger partial charge in [0.1, 0.15) is 12.4 Å². The van der Waals surface area contributed by atoms with Crippen LogP contribution in [0.25, 0.3) is 0 Å². The van der Waals surface area contributed by atoms with Crippen molar-refractivity contribution in [3.8, 4) is 0 Å². The molecule has 2 saturated carbocycles. The van der Waals surface area contributed by atoms with Gasteiger partial charge in [0, 0.05) is 30.5 Å². The van der Waals surface area contributed by atoms with Crippen molar-refractivity contribution in [3.05, 3.63) is 22.9 Å². The quantitative estimate of drug-likeness (QED) is 0.441. The molecule has 0 heterocycles. The molecule has 4 rings (SSSR count). The number of amides is 1. The Morgan fingerprint density at radius 1 is 1.10 bits per heavy atom. The summed E-state index contributed by atoms with van der Waals surface area (Å²) in [6.45, 7) is 7.66. The van der Waals surface area contributed by atoms with Gasteiger partial charge >= 0.3 is 5.97 Å². The number of fused-ring (bicyclic) bond motifs is 5. The highest BCUT2D eigenvalue weighted by molar-refractivity contribution is 5.81. The molecule has 5 nitrogen and oxygen atoms in total. The van der Waals surface area contributed by atoms with Crippen LogP contribution in [0.3, 0.4) is 0 Å². The van der Waals surface area contributed by atoms with Gasteiger partial charge < -0.3 is 10.1 Å². The molecular formula is C24H33NO4. The predicted octanol–water partition coefficient (Wildman–Crippen LogP) is 4.08. The summed E-state index contributed by atoms with van der Waals surface area (Å²) < 4.78 is 5.49. The van der Waals surface area contributed by atoms with Crippen LogP contribution in [0.4, 0.5) is 0 Å². The Bertz CT molecular complexity index is 812. The first-order valence-corrected chi connectivity index (χ1v) is 11.0. The lowest BCUT2D eigenvalue weighted by atomic mass is 9.47. The van der Waals surface area contributed by atoms with Gasteiger partial charge in [-0.25, -0.2) is 0 Å². The van der Waals surface area contributed by atoms with E-state index >= 15 is 0 Å². The summed E-state index contributed by atoms with van der Waals surface area (Å²) >= 11 is 0. The number of nitrogens with one attached hydrogen (secondary N) is 1. The van der Waals surface area contributed by atoms with Crippen LogP contribution >= 0.6 is 0 Å². The molecule has 0 aliphatic heterocycles. The first-order chi connectivity index (χ1) is 13.7. The molecule has 0 bridgehead atoms. The number of carbonyl (C=O) groups excluding carboxylic acids is 3. The zero-order valence-corrected chi connectivity index (χ0v) is 18.0. The zero-order chi connectivity index (χ0) is 21.0. The summed E-state index contributed by atoms with van der Waals surface area (Å²) in [7, 11) is 0. The summed E-state index contributed by atoms with van der Waals surface area (Å²) in [5.74, 6) is 1.26. The minimum atomic E-state index is -0.207. The molecule has 6 atom stereocenters. The smallest absolute Gasteiger partial charge is 0.303 e. The Hall–Kier alpha value is -1.91. The fourth-order valence-electron chi connectivity index (χ4n) is 7.22. The van der Waals surface area contributed by atoms with E-state index in [1.807, 2.05) is 0 Å². The number of carbonyl (C=O) groups is 3. The molecule has 1 N–H and O–H groups in total. The van der Waals surface area contributed by atoms with Gasteiger partial charge in [-0.1, -0.05) is 19.4 Å². The number of aldehydes is 1. The second kappa shape index (κ2) is 7.10. The molecule has 4 aliphatic rings. The van der Waals surface area contributed by atoms with Gasteiger partial charge in [0.25, 0.3) is 0 Å². The molecule has 0 saturated heterocycles. The van der Waals surface area contributed by atoms with E-state index in [2.05, 4.69) is 25.2 Å². The van der Waals surface area contributed by atoms with E-state index in [4.69, 9.17) is 4.74 Å². The second-order valence-corrected chi connectivity index (χ2v) is 10.1. The van der Waals surface area contributed by atoms with Crippen LogP contribution in [-0.2, 0) is 19.1 Å². The maximum absolute atomic E-state index is 11.8. The van der Waals surface area contributed by atoms with Crippen molar-refractivity contribution in [2.45, 2.75) is 78.7 Å². The maximum Gasteiger partial charge on any atom is 0.303 e. The van der Waals surface area contributed by atoms with Crippen LogP contribution in [0.15, 0.2) is 22.9 Å². The lowest BCUT2D eigenvalue weighted by Gasteiger charge is -2.58. The van der Waals surface area contributed by atoms with E-state index in [1.165, 1.54) is 19.4 Å². The van der Waals surface area contributed by atoms with E-state index in [0.29, 0.717) is 17.8 Å². The SMILES string of the molecule is CC(=O)NC1=C(C=O)CC2C3CCC4=C[C@@H](OC(C)=O)CC[C@]4(C)C3CC[C@]12C. The average molecular weight is 400 g/mol. The molecule has 1 amide bonds. The molecule has 29 heavy (non-hydrogen) atoms. The molecule has 0 aromatic heterocycles. The van der Waals surface area contributed by atoms with Crippen LogP contribution < -0.4 is 5.32 Å². The molecule has 2 fully saturated rings. The molecule has 158 valence electrons. The van der Waals surface area contributed by atoms with Gasteiger partial charge in [0.15, 0.2) is 0 Å². The van der Waals surface area contributed by atoms with Crippen molar-refractivity contribution in [1.82, 2.24) is 5.32 Å². The lowest BCUT2D eigenvalue weighted by Crippen LogP contribution is -2.51. The van der Waals surface area contributed by atoms with Crippen LogP contribution in [0.2, 0.25) is 0 Å². The number of allylic oxidation sites excluding steroid dienone is 3. The van der Waals surface area contributed by atoms with Crippen LogP contribution in [0.5, 0.6) is 0 Å². The van der Waals surface area contributed by atoms with Crippen molar-refractivity contribution >= 4 is 18.2 Å². The van der Waals surface area contributed by atoms with Gasteiger partial charge in [-0.2, -0.15) is 0 Å². The van der Waals surface area contributed by atoms with Gasteiger partial charge in [0.05, 0.1) is 0 Å². The average Bonchev–Trinajstić information content (AvgIpc) is 2.93. The second-order valence-electron chi connectivity index (χ2n) is 10.1. The Labute approximate surface area is 173 Å². The zero-order valence-electron chi connectivity index (χ0n) is 18.0. The van der Waals surface area contributed by atoms with Gasteiger partial charge in [-0.3, -0.25) is 14.4 Å². The summed E-state index contributed by atoms with van der Waals surface area (Å²) in [4.78, 5) is 35.0. The van der Waals surface area contributed by atoms with Gasteiger partial charge in [0.2, 0.25) is 5.91 Å². The predicted molar refractivity (Wildman–Crippen MR) is 110 cm³/mol. The molecule has 0 aromatic carbocycles. The monoisotopic (exact) mass is 399 g/mol. The minimum absolute atomic E-state index is 0.0813. The van der Waals surface area contributed by atoms with E-state index < -0.39 is 0 Å². The van der Waals surface area contributed by atoms with E-state index in [0.717, 1.165) is 62.5 Å². The molecule has 4 aliphatic carbocycles.